The van der Waals surface area contributed by atoms with E-state index < -0.39 is 17.7 Å². The predicted octanol–water partition coefficient (Wildman–Crippen LogP) is 3.50. The third-order valence-corrected chi connectivity index (χ3v) is 5.85. The van der Waals surface area contributed by atoms with Gasteiger partial charge in [0.25, 0.3) is 5.91 Å². The molecule has 0 unspecified atom stereocenters. The number of halogens is 1. The van der Waals surface area contributed by atoms with E-state index in [2.05, 4.69) is 22.2 Å². The minimum atomic E-state index is -1.11. The number of carbonyl (C=O) groups is 2. The Bertz CT molecular complexity index is 946. The fourth-order valence-electron chi connectivity index (χ4n) is 4.00. The first-order valence-electron chi connectivity index (χ1n) is 11.2. The molecule has 0 spiro atoms. The van der Waals surface area contributed by atoms with Gasteiger partial charge >= 0.3 is 5.97 Å². The van der Waals surface area contributed by atoms with Crippen LogP contribution in [0.25, 0.3) is 0 Å². The van der Waals surface area contributed by atoms with Crippen LogP contribution in [0.4, 0.5) is 15.9 Å². The quantitative estimate of drug-likeness (QED) is 0.526. The number of carbonyl (C=O) groups excluding carboxylic acids is 1. The molecule has 1 amide bonds. The van der Waals surface area contributed by atoms with E-state index >= 15 is 0 Å². The van der Waals surface area contributed by atoms with Gasteiger partial charge in [0.1, 0.15) is 17.2 Å². The average Bonchev–Trinajstić information content (AvgIpc) is 2.82. The molecular weight excluding hydrogens is 427 g/mol. The van der Waals surface area contributed by atoms with Crippen LogP contribution in [0.1, 0.15) is 46.9 Å². The van der Waals surface area contributed by atoms with Crippen LogP contribution in [-0.2, 0) is 4.74 Å². The molecule has 178 valence electrons. The highest BCUT2D eigenvalue weighted by atomic mass is 19.1. The van der Waals surface area contributed by atoms with E-state index in [0.29, 0.717) is 24.9 Å². The maximum atomic E-state index is 13.1. The molecule has 2 heterocycles. The molecule has 3 rings (SSSR count). The molecule has 1 fully saturated rings. The molecule has 2 aromatic rings. The van der Waals surface area contributed by atoms with Gasteiger partial charge in [-0.3, -0.25) is 4.79 Å². The molecule has 1 aliphatic heterocycles. The lowest BCUT2D eigenvalue weighted by Crippen LogP contribution is -2.44. The SMILES string of the molecule is CCOCCCN(C)C1CCN(c2ncc(NC(=O)c3ccc(F)cc3)cc2C(=O)O)CC1. The van der Waals surface area contributed by atoms with Crippen LogP contribution in [-0.4, -0.2) is 72.8 Å². The fraction of sp³-hybridized carbons (Fsp3) is 0.458. The minimum Gasteiger partial charge on any atom is -0.478 e. The number of ether oxygens (including phenoxy) is 1. The van der Waals surface area contributed by atoms with Crippen LogP contribution in [0.15, 0.2) is 36.5 Å². The molecule has 8 nitrogen and oxygen atoms in total. The number of amides is 1. The van der Waals surface area contributed by atoms with Crippen LogP contribution in [0.3, 0.4) is 0 Å². The minimum absolute atomic E-state index is 0.0374. The number of piperidine rings is 1. The molecule has 1 aromatic heterocycles. The molecule has 1 aromatic carbocycles. The highest BCUT2D eigenvalue weighted by Gasteiger charge is 2.26. The van der Waals surface area contributed by atoms with Crippen molar-refractivity contribution in [1.29, 1.82) is 0 Å². The maximum absolute atomic E-state index is 13.1. The molecule has 0 radical (unpaired) electrons. The summed E-state index contributed by atoms with van der Waals surface area (Å²) in [5.74, 6) is -1.61. The monoisotopic (exact) mass is 458 g/mol. The summed E-state index contributed by atoms with van der Waals surface area (Å²) in [6.07, 6.45) is 4.26. The number of pyridine rings is 1. The van der Waals surface area contributed by atoms with Gasteiger partial charge in [-0.2, -0.15) is 0 Å². The van der Waals surface area contributed by atoms with Crippen LogP contribution in [0, 0.1) is 5.82 Å². The first kappa shape index (κ1) is 24.6. The Kier molecular flexibility index (Phi) is 8.73. The largest absolute Gasteiger partial charge is 0.478 e. The van der Waals surface area contributed by atoms with E-state index in [4.69, 9.17) is 4.74 Å². The Morgan fingerprint density at radius 1 is 1.27 bits per heavy atom. The van der Waals surface area contributed by atoms with Gasteiger partial charge < -0.3 is 25.0 Å². The molecular formula is C24H31FN4O4. The third kappa shape index (κ3) is 6.72. The van der Waals surface area contributed by atoms with Gasteiger partial charge in [0.05, 0.1) is 11.9 Å². The second kappa shape index (κ2) is 11.7. The summed E-state index contributed by atoms with van der Waals surface area (Å²) in [6, 6.07) is 6.96. The van der Waals surface area contributed by atoms with E-state index in [0.717, 1.165) is 39.0 Å². The Hall–Kier alpha value is -3.04. The van der Waals surface area contributed by atoms with Crippen molar-refractivity contribution in [1.82, 2.24) is 9.88 Å². The van der Waals surface area contributed by atoms with Gasteiger partial charge in [0, 0.05) is 44.5 Å². The van der Waals surface area contributed by atoms with Crippen molar-refractivity contribution in [2.45, 2.75) is 32.2 Å². The van der Waals surface area contributed by atoms with E-state index in [1.165, 1.54) is 36.5 Å². The van der Waals surface area contributed by atoms with Crippen molar-refractivity contribution in [3.8, 4) is 0 Å². The maximum Gasteiger partial charge on any atom is 0.339 e. The van der Waals surface area contributed by atoms with Gasteiger partial charge in [-0.1, -0.05) is 0 Å². The number of hydrogen-bond acceptors (Lipinski definition) is 6. The lowest BCUT2D eigenvalue weighted by Gasteiger charge is -2.37. The van der Waals surface area contributed by atoms with Crippen molar-refractivity contribution >= 4 is 23.4 Å². The summed E-state index contributed by atoms with van der Waals surface area (Å²) < 4.78 is 18.5. The first-order valence-corrected chi connectivity index (χ1v) is 11.2. The van der Waals surface area contributed by atoms with Crippen molar-refractivity contribution in [3.05, 3.63) is 53.5 Å². The Morgan fingerprint density at radius 2 is 1.97 bits per heavy atom. The number of aromatic carboxylic acids is 1. The Morgan fingerprint density at radius 3 is 2.61 bits per heavy atom. The molecule has 0 bridgehead atoms. The lowest BCUT2D eigenvalue weighted by molar-refractivity contribution is 0.0696. The first-order chi connectivity index (χ1) is 15.9. The lowest BCUT2D eigenvalue weighted by atomic mass is 10.0. The van der Waals surface area contributed by atoms with Gasteiger partial charge in [0.15, 0.2) is 0 Å². The summed E-state index contributed by atoms with van der Waals surface area (Å²) >= 11 is 0. The van der Waals surface area contributed by atoms with Crippen LogP contribution < -0.4 is 10.2 Å². The second-order valence-corrected chi connectivity index (χ2v) is 8.11. The molecule has 0 atom stereocenters. The normalized spacial score (nSPS) is 14.5. The number of aromatic nitrogens is 1. The fourth-order valence-corrected chi connectivity index (χ4v) is 4.00. The third-order valence-electron chi connectivity index (χ3n) is 5.85. The molecule has 0 aliphatic carbocycles. The predicted molar refractivity (Wildman–Crippen MR) is 125 cm³/mol. The number of hydrogen-bond donors (Lipinski definition) is 2. The molecule has 1 aliphatic rings. The molecule has 33 heavy (non-hydrogen) atoms. The Labute approximate surface area is 193 Å². The summed E-state index contributed by atoms with van der Waals surface area (Å²) in [5, 5.41) is 12.4. The van der Waals surface area contributed by atoms with Crippen molar-refractivity contribution in [2.75, 3.05) is 50.1 Å². The number of anilines is 2. The highest BCUT2D eigenvalue weighted by Crippen LogP contribution is 2.26. The number of carboxylic acids is 1. The number of benzene rings is 1. The standard InChI is InChI=1S/C24H31FN4O4/c1-3-33-14-4-11-28(2)20-9-12-29(13-10-20)22-21(24(31)32)15-19(16-26-22)27-23(30)17-5-7-18(25)8-6-17/h5-8,15-16,20H,3-4,9-14H2,1-2H3,(H,27,30)(H,31,32). The number of nitrogens with zero attached hydrogens (tertiary/aromatic N) is 3. The molecule has 1 saturated heterocycles. The van der Waals surface area contributed by atoms with Crippen molar-refractivity contribution in [3.63, 3.8) is 0 Å². The molecule has 2 N–H and O–H groups in total. The molecule has 9 heteroatoms. The summed E-state index contributed by atoms with van der Waals surface area (Å²) in [7, 11) is 2.12. The van der Waals surface area contributed by atoms with Crippen LogP contribution in [0.2, 0.25) is 0 Å². The zero-order valence-corrected chi connectivity index (χ0v) is 19.1. The Balaban J connectivity index is 1.62. The zero-order valence-electron chi connectivity index (χ0n) is 19.1. The van der Waals surface area contributed by atoms with Gasteiger partial charge in [-0.05, 0) is 63.6 Å². The topological polar surface area (TPSA) is 95.0 Å². The molecule has 0 saturated carbocycles. The van der Waals surface area contributed by atoms with Crippen LogP contribution in [0.5, 0.6) is 0 Å². The van der Waals surface area contributed by atoms with E-state index in [9.17, 15) is 19.1 Å². The van der Waals surface area contributed by atoms with Crippen LogP contribution >= 0.6 is 0 Å². The summed E-state index contributed by atoms with van der Waals surface area (Å²) in [6.45, 7) is 5.85. The van der Waals surface area contributed by atoms with Crippen molar-refractivity contribution in [2.24, 2.45) is 0 Å². The van der Waals surface area contributed by atoms with Crippen molar-refractivity contribution < 1.29 is 23.8 Å². The van der Waals surface area contributed by atoms with E-state index in [1.807, 2.05) is 11.8 Å². The van der Waals surface area contributed by atoms with E-state index in [-0.39, 0.29) is 16.8 Å². The average molecular weight is 459 g/mol. The zero-order chi connectivity index (χ0) is 23.8. The second-order valence-electron chi connectivity index (χ2n) is 8.11. The highest BCUT2D eigenvalue weighted by molar-refractivity contribution is 6.05. The van der Waals surface area contributed by atoms with Gasteiger partial charge in [0.2, 0.25) is 0 Å². The van der Waals surface area contributed by atoms with Gasteiger partial charge in [-0.25, -0.2) is 14.2 Å². The summed E-state index contributed by atoms with van der Waals surface area (Å²) in [4.78, 5) is 33.0. The van der Waals surface area contributed by atoms with E-state index in [1.54, 1.807) is 0 Å². The van der Waals surface area contributed by atoms with Gasteiger partial charge in [-0.15, -0.1) is 0 Å². The number of nitrogens with one attached hydrogen (secondary N) is 1. The summed E-state index contributed by atoms with van der Waals surface area (Å²) in [5.41, 5.74) is 0.578. The number of carboxylic acid groups (broad SMARTS) is 1. The smallest absolute Gasteiger partial charge is 0.339 e. The number of rotatable bonds is 10.